The van der Waals surface area contributed by atoms with Gasteiger partial charge in [-0.3, -0.25) is 4.79 Å². The number of carbonyl (C=O) groups is 2. The highest BCUT2D eigenvalue weighted by Crippen LogP contribution is 2.28. The van der Waals surface area contributed by atoms with Crippen molar-refractivity contribution in [3.63, 3.8) is 0 Å². The zero-order valence-electron chi connectivity index (χ0n) is 11.6. The van der Waals surface area contributed by atoms with E-state index >= 15 is 0 Å². The van der Waals surface area contributed by atoms with Crippen LogP contribution in [0.4, 0.5) is 0 Å². The highest BCUT2D eigenvalue weighted by atomic mass is 16.6. The number of fused-ring (bicyclic) bond motifs is 2. The molecule has 0 saturated heterocycles. The Morgan fingerprint density at radius 2 is 1.95 bits per heavy atom. The fourth-order valence-electron chi connectivity index (χ4n) is 2.64. The molecule has 0 fully saturated rings. The van der Waals surface area contributed by atoms with Gasteiger partial charge >= 0.3 is 5.97 Å². The van der Waals surface area contributed by atoms with Crippen LogP contribution in [-0.2, 0) is 11.2 Å². The molecule has 1 aliphatic carbocycles. The Morgan fingerprint density at radius 1 is 1.14 bits per heavy atom. The summed E-state index contributed by atoms with van der Waals surface area (Å²) in [6.07, 6.45) is 0.608. The quantitative estimate of drug-likeness (QED) is 0.578. The third-order valence-corrected chi connectivity index (χ3v) is 3.67. The number of hydrogen-bond donors (Lipinski definition) is 1. The minimum atomic E-state index is -0.656. The lowest BCUT2D eigenvalue weighted by Gasteiger charge is -2.19. The van der Waals surface area contributed by atoms with Crippen LogP contribution in [0, 0.1) is 6.92 Å². The van der Waals surface area contributed by atoms with E-state index < -0.39 is 12.8 Å². The number of carbonyl (C=O) groups excluding carboxylic acids is 2. The Hall–Kier alpha value is -2.46. The molecular weight excluding hydrogens is 268 g/mol. The van der Waals surface area contributed by atoms with Gasteiger partial charge in [0, 0.05) is 11.1 Å². The minimum Gasteiger partial charge on any atom is -0.435 e. The maximum atomic E-state index is 12.5. The second kappa shape index (κ2) is 5.14. The molecule has 1 aliphatic rings. The van der Waals surface area contributed by atoms with Crippen molar-refractivity contribution in [2.24, 2.45) is 0 Å². The molecule has 0 heterocycles. The van der Waals surface area contributed by atoms with Gasteiger partial charge in [-0.05, 0) is 48.7 Å². The van der Waals surface area contributed by atoms with Crippen molar-refractivity contribution in [1.29, 1.82) is 0 Å². The van der Waals surface area contributed by atoms with Crippen molar-refractivity contribution >= 4 is 11.8 Å². The van der Waals surface area contributed by atoms with E-state index in [0.717, 1.165) is 22.3 Å². The predicted octanol–water partition coefficient (Wildman–Crippen LogP) is 2.24. The number of aryl methyl sites for hydroxylation is 1. The van der Waals surface area contributed by atoms with E-state index in [4.69, 9.17) is 5.11 Å². The average molecular weight is 282 g/mol. The first-order chi connectivity index (χ1) is 10.1. The summed E-state index contributed by atoms with van der Waals surface area (Å²) in [4.78, 5) is 24.1. The van der Waals surface area contributed by atoms with Gasteiger partial charge in [-0.2, -0.15) is 0 Å². The summed E-state index contributed by atoms with van der Waals surface area (Å²) in [5.74, 6) is -0.612. The van der Waals surface area contributed by atoms with Crippen LogP contribution in [0.1, 0.15) is 43.0 Å². The molecule has 106 valence electrons. The normalized spacial score (nSPS) is 12.6. The van der Waals surface area contributed by atoms with Gasteiger partial charge in [-0.1, -0.05) is 17.7 Å². The summed E-state index contributed by atoms with van der Waals surface area (Å²) >= 11 is 0. The van der Waals surface area contributed by atoms with Crippen LogP contribution >= 0.6 is 0 Å². The maximum Gasteiger partial charge on any atom is 0.340 e. The van der Waals surface area contributed by atoms with Crippen LogP contribution < -0.4 is 0 Å². The maximum absolute atomic E-state index is 12.5. The summed E-state index contributed by atoms with van der Waals surface area (Å²) in [5, 5.41) is 8.64. The van der Waals surface area contributed by atoms with E-state index in [0.29, 0.717) is 17.5 Å². The summed E-state index contributed by atoms with van der Waals surface area (Å²) in [5.41, 5.74) is 4.51. The lowest BCUT2D eigenvalue weighted by atomic mass is 9.83. The molecule has 0 unspecified atom stereocenters. The van der Waals surface area contributed by atoms with Gasteiger partial charge < -0.3 is 9.84 Å². The van der Waals surface area contributed by atoms with Crippen molar-refractivity contribution in [1.82, 2.24) is 0 Å². The van der Waals surface area contributed by atoms with Gasteiger partial charge in [-0.15, -0.1) is 0 Å². The molecule has 0 amide bonds. The molecule has 3 rings (SSSR count). The predicted molar refractivity (Wildman–Crippen MR) is 76.4 cm³/mol. The molecule has 0 saturated carbocycles. The monoisotopic (exact) mass is 282 g/mol. The smallest absolute Gasteiger partial charge is 0.340 e. The van der Waals surface area contributed by atoms with Crippen molar-refractivity contribution in [2.75, 3.05) is 6.79 Å². The number of rotatable bonds is 2. The molecule has 21 heavy (non-hydrogen) atoms. The number of ketones is 1. The number of hydrogen-bond acceptors (Lipinski definition) is 4. The van der Waals surface area contributed by atoms with Crippen LogP contribution in [0.25, 0.3) is 0 Å². The van der Waals surface area contributed by atoms with E-state index in [1.165, 1.54) is 0 Å². The number of aliphatic hydroxyl groups is 1. The third-order valence-electron chi connectivity index (χ3n) is 3.67. The summed E-state index contributed by atoms with van der Waals surface area (Å²) in [7, 11) is 0. The Kier molecular flexibility index (Phi) is 3.31. The largest absolute Gasteiger partial charge is 0.435 e. The van der Waals surface area contributed by atoms with Crippen LogP contribution in [0.3, 0.4) is 0 Å². The number of esters is 1. The van der Waals surface area contributed by atoms with Gasteiger partial charge in [-0.25, -0.2) is 4.79 Å². The highest BCUT2D eigenvalue weighted by Gasteiger charge is 2.24. The Morgan fingerprint density at radius 3 is 2.71 bits per heavy atom. The van der Waals surface area contributed by atoms with Crippen molar-refractivity contribution in [3.8, 4) is 0 Å². The van der Waals surface area contributed by atoms with E-state index in [2.05, 4.69) is 4.74 Å². The topological polar surface area (TPSA) is 63.6 Å². The molecule has 0 bridgehead atoms. The second-order valence-corrected chi connectivity index (χ2v) is 5.10. The molecule has 2 aromatic rings. The zero-order valence-corrected chi connectivity index (χ0v) is 11.6. The van der Waals surface area contributed by atoms with E-state index in [1.807, 2.05) is 25.1 Å². The molecular formula is C17H14O4. The molecule has 0 aliphatic heterocycles. The van der Waals surface area contributed by atoms with Gasteiger partial charge in [0.15, 0.2) is 12.6 Å². The lowest BCUT2D eigenvalue weighted by molar-refractivity contribution is 0.00681. The molecule has 2 aromatic carbocycles. The first kappa shape index (κ1) is 13.5. The molecule has 0 spiro atoms. The minimum absolute atomic E-state index is 0.0166. The van der Waals surface area contributed by atoms with Gasteiger partial charge in [0.25, 0.3) is 0 Å². The summed E-state index contributed by atoms with van der Waals surface area (Å²) in [6, 6.07) is 10.7. The fourth-order valence-corrected chi connectivity index (χ4v) is 2.64. The van der Waals surface area contributed by atoms with Crippen molar-refractivity contribution < 1.29 is 19.4 Å². The Labute approximate surface area is 122 Å². The second-order valence-electron chi connectivity index (χ2n) is 5.10. The lowest BCUT2D eigenvalue weighted by Crippen LogP contribution is -2.16. The van der Waals surface area contributed by atoms with Crippen LogP contribution in [0.5, 0.6) is 0 Å². The van der Waals surface area contributed by atoms with Gasteiger partial charge in [0.1, 0.15) is 0 Å². The van der Waals surface area contributed by atoms with Gasteiger partial charge in [0.05, 0.1) is 5.56 Å². The molecule has 4 nitrogen and oxygen atoms in total. The first-order valence-corrected chi connectivity index (χ1v) is 6.65. The summed E-state index contributed by atoms with van der Waals surface area (Å²) < 4.78 is 4.56. The number of ether oxygens (including phenoxy) is 1. The van der Waals surface area contributed by atoms with Crippen LogP contribution in [-0.4, -0.2) is 23.7 Å². The number of benzene rings is 2. The van der Waals surface area contributed by atoms with Gasteiger partial charge in [0.2, 0.25) is 0 Å². The highest BCUT2D eigenvalue weighted by molar-refractivity contribution is 6.12. The Balaban J connectivity index is 2.03. The van der Waals surface area contributed by atoms with E-state index in [1.54, 1.807) is 18.2 Å². The Bertz CT molecular complexity index is 746. The van der Waals surface area contributed by atoms with Crippen molar-refractivity contribution in [3.05, 3.63) is 69.8 Å². The SMILES string of the molecule is Cc1ccc2c(c1)C(=O)c1ccc(C(=O)OCO)cc1C2. The van der Waals surface area contributed by atoms with E-state index in [9.17, 15) is 9.59 Å². The van der Waals surface area contributed by atoms with Crippen LogP contribution in [0.2, 0.25) is 0 Å². The third kappa shape index (κ3) is 2.34. The standard InChI is InChI=1S/C17H14O4/c1-10-2-3-11-7-13-8-12(17(20)21-9-18)4-5-14(13)16(19)15(11)6-10/h2-6,8,18H,7,9H2,1H3. The van der Waals surface area contributed by atoms with Crippen molar-refractivity contribution in [2.45, 2.75) is 13.3 Å². The molecule has 1 N–H and O–H groups in total. The fraction of sp³-hybridized carbons (Fsp3) is 0.176. The summed E-state index contributed by atoms with van der Waals surface area (Å²) in [6.45, 7) is 1.30. The molecule has 4 heteroatoms. The first-order valence-electron chi connectivity index (χ1n) is 6.65. The zero-order chi connectivity index (χ0) is 15.0. The molecule has 0 aromatic heterocycles. The molecule has 0 radical (unpaired) electrons. The van der Waals surface area contributed by atoms with Crippen LogP contribution in [0.15, 0.2) is 36.4 Å². The van der Waals surface area contributed by atoms with E-state index in [-0.39, 0.29) is 5.78 Å². The average Bonchev–Trinajstić information content (AvgIpc) is 2.48. The number of aliphatic hydroxyl groups excluding tert-OH is 1. The molecule has 0 atom stereocenters.